The summed E-state index contributed by atoms with van der Waals surface area (Å²) in [6, 6.07) is 2.02. The van der Waals surface area contributed by atoms with E-state index in [2.05, 4.69) is 25.0 Å². The Balaban J connectivity index is 2.74. The standard InChI is InChI=1S/C16H24N4O/c1-4-7-20(8-5-2)16(21)15(13-17)14-19-11-9-18(6-3)10-12-19/h4-5,14H,1-2,6-12H2,3H3/b15-14-. The fourth-order valence-electron chi connectivity index (χ4n) is 2.25. The summed E-state index contributed by atoms with van der Waals surface area (Å²) in [6.07, 6.45) is 4.99. The van der Waals surface area contributed by atoms with Crippen molar-refractivity contribution in [1.29, 1.82) is 5.26 Å². The normalized spacial score (nSPS) is 16.2. The maximum atomic E-state index is 12.4. The average molecular weight is 288 g/mol. The van der Waals surface area contributed by atoms with Crippen LogP contribution in [0, 0.1) is 11.3 Å². The molecular weight excluding hydrogens is 264 g/mol. The Bertz CT molecular complexity index is 432. The van der Waals surface area contributed by atoms with Gasteiger partial charge < -0.3 is 14.7 Å². The van der Waals surface area contributed by atoms with Crippen LogP contribution in [0.25, 0.3) is 0 Å². The van der Waals surface area contributed by atoms with Crippen LogP contribution in [0.5, 0.6) is 0 Å². The molecule has 0 unspecified atom stereocenters. The quantitative estimate of drug-likeness (QED) is 0.402. The lowest BCUT2D eigenvalue weighted by Crippen LogP contribution is -2.44. The third-order valence-corrected chi connectivity index (χ3v) is 3.50. The van der Waals surface area contributed by atoms with Crippen molar-refractivity contribution in [1.82, 2.24) is 14.7 Å². The number of likely N-dealkylation sites (N-methyl/N-ethyl adjacent to an activating group) is 1. The van der Waals surface area contributed by atoms with Crippen LogP contribution >= 0.6 is 0 Å². The highest BCUT2D eigenvalue weighted by molar-refractivity contribution is 5.97. The Kier molecular flexibility index (Phi) is 7.27. The van der Waals surface area contributed by atoms with Crippen molar-refractivity contribution in [2.45, 2.75) is 6.92 Å². The highest BCUT2D eigenvalue weighted by atomic mass is 16.2. The minimum atomic E-state index is -0.268. The first kappa shape index (κ1) is 17.0. The van der Waals surface area contributed by atoms with Crippen molar-refractivity contribution in [3.05, 3.63) is 37.1 Å². The van der Waals surface area contributed by atoms with Crippen LogP contribution in [-0.2, 0) is 4.79 Å². The Morgan fingerprint density at radius 2 is 1.81 bits per heavy atom. The first-order valence-electron chi connectivity index (χ1n) is 7.25. The maximum Gasteiger partial charge on any atom is 0.266 e. The Morgan fingerprint density at radius 1 is 1.24 bits per heavy atom. The zero-order chi connectivity index (χ0) is 15.7. The lowest BCUT2D eigenvalue weighted by Gasteiger charge is -2.33. The Morgan fingerprint density at radius 3 is 2.24 bits per heavy atom. The number of rotatable bonds is 7. The van der Waals surface area contributed by atoms with Crippen molar-refractivity contribution in [3.8, 4) is 6.07 Å². The van der Waals surface area contributed by atoms with Gasteiger partial charge in [0, 0.05) is 45.5 Å². The third-order valence-electron chi connectivity index (χ3n) is 3.50. The number of amides is 1. The molecule has 0 aromatic carbocycles. The fourth-order valence-corrected chi connectivity index (χ4v) is 2.25. The van der Waals surface area contributed by atoms with Crippen molar-refractivity contribution >= 4 is 5.91 Å². The summed E-state index contributed by atoms with van der Waals surface area (Å²) in [7, 11) is 0. The van der Waals surface area contributed by atoms with Crippen LogP contribution in [-0.4, -0.2) is 66.4 Å². The summed E-state index contributed by atoms with van der Waals surface area (Å²) >= 11 is 0. The van der Waals surface area contributed by atoms with Gasteiger partial charge in [-0.15, -0.1) is 13.2 Å². The van der Waals surface area contributed by atoms with Crippen LogP contribution in [0.3, 0.4) is 0 Å². The van der Waals surface area contributed by atoms with E-state index in [1.54, 1.807) is 23.3 Å². The second kappa shape index (κ2) is 8.98. The van der Waals surface area contributed by atoms with E-state index in [0.717, 1.165) is 32.7 Å². The van der Waals surface area contributed by atoms with E-state index in [9.17, 15) is 10.1 Å². The minimum absolute atomic E-state index is 0.170. The molecule has 1 heterocycles. The fraction of sp³-hybridized carbons (Fsp3) is 0.500. The number of carbonyl (C=O) groups is 1. The molecule has 0 bridgehead atoms. The maximum absolute atomic E-state index is 12.4. The van der Waals surface area contributed by atoms with Crippen LogP contribution in [0.4, 0.5) is 0 Å². The highest BCUT2D eigenvalue weighted by Gasteiger charge is 2.19. The second-order valence-electron chi connectivity index (χ2n) is 4.91. The molecule has 0 N–H and O–H groups in total. The molecule has 0 spiro atoms. The van der Waals surface area contributed by atoms with Gasteiger partial charge >= 0.3 is 0 Å². The van der Waals surface area contributed by atoms with Gasteiger partial charge in [-0.3, -0.25) is 4.79 Å². The van der Waals surface area contributed by atoms with Crippen molar-refractivity contribution < 1.29 is 4.79 Å². The minimum Gasteiger partial charge on any atom is -0.374 e. The van der Waals surface area contributed by atoms with Crippen molar-refractivity contribution in [2.75, 3.05) is 45.8 Å². The molecule has 5 heteroatoms. The SMILES string of the molecule is C=CCN(CC=C)C(=O)/C(C#N)=C\N1CCN(CC)CC1. The first-order valence-corrected chi connectivity index (χ1v) is 7.25. The van der Waals surface area contributed by atoms with Gasteiger partial charge in [0.15, 0.2) is 0 Å². The van der Waals surface area contributed by atoms with E-state index in [1.807, 2.05) is 11.0 Å². The van der Waals surface area contributed by atoms with Gasteiger partial charge in [0.1, 0.15) is 11.6 Å². The second-order valence-corrected chi connectivity index (χ2v) is 4.91. The molecule has 1 amide bonds. The van der Waals surface area contributed by atoms with E-state index in [4.69, 9.17) is 0 Å². The van der Waals surface area contributed by atoms with E-state index in [1.165, 1.54) is 0 Å². The predicted molar refractivity (Wildman–Crippen MR) is 84.4 cm³/mol. The van der Waals surface area contributed by atoms with Crippen LogP contribution < -0.4 is 0 Å². The molecule has 1 aliphatic rings. The molecule has 5 nitrogen and oxygen atoms in total. The number of piperazine rings is 1. The van der Waals surface area contributed by atoms with Gasteiger partial charge in [0.05, 0.1) is 0 Å². The number of hydrogen-bond acceptors (Lipinski definition) is 4. The first-order chi connectivity index (χ1) is 10.2. The molecule has 1 saturated heterocycles. The molecule has 1 fully saturated rings. The van der Waals surface area contributed by atoms with E-state index in [-0.39, 0.29) is 11.5 Å². The lowest BCUT2D eigenvalue weighted by atomic mass is 10.2. The molecule has 1 rings (SSSR count). The van der Waals surface area contributed by atoms with Gasteiger partial charge in [-0.2, -0.15) is 5.26 Å². The highest BCUT2D eigenvalue weighted by Crippen LogP contribution is 2.07. The molecule has 0 atom stereocenters. The summed E-state index contributed by atoms with van der Waals surface area (Å²) in [5.74, 6) is -0.268. The molecule has 0 aromatic rings. The van der Waals surface area contributed by atoms with E-state index < -0.39 is 0 Å². The smallest absolute Gasteiger partial charge is 0.266 e. The summed E-state index contributed by atoms with van der Waals surface area (Å²) in [5.41, 5.74) is 0.170. The topological polar surface area (TPSA) is 50.6 Å². The van der Waals surface area contributed by atoms with Gasteiger partial charge in [0.25, 0.3) is 5.91 Å². The van der Waals surface area contributed by atoms with E-state index in [0.29, 0.717) is 13.1 Å². The lowest BCUT2D eigenvalue weighted by molar-refractivity contribution is -0.125. The van der Waals surface area contributed by atoms with Gasteiger partial charge in [0.2, 0.25) is 0 Å². The average Bonchev–Trinajstić information content (AvgIpc) is 2.52. The number of nitriles is 1. The molecule has 1 aliphatic heterocycles. The summed E-state index contributed by atoms with van der Waals surface area (Å²) < 4.78 is 0. The molecule has 0 saturated carbocycles. The zero-order valence-electron chi connectivity index (χ0n) is 12.8. The summed E-state index contributed by atoms with van der Waals surface area (Å²) in [6.45, 7) is 14.9. The number of nitrogens with zero attached hydrogens (tertiary/aromatic N) is 4. The number of hydrogen-bond donors (Lipinski definition) is 0. The Labute approximate surface area is 127 Å². The molecule has 21 heavy (non-hydrogen) atoms. The monoisotopic (exact) mass is 288 g/mol. The van der Waals surface area contributed by atoms with Crippen molar-refractivity contribution in [2.24, 2.45) is 0 Å². The van der Waals surface area contributed by atoms with E-state index >= 15 is 0 Å². The van der Waals surface area contributed by atoms with Crippen LogP contribution in [0.1, 0.15) is 6.92 Å². The molecular formula is C16H24N4O. The van der Waals surface area contributed by atoms with Gasteiger partial charge in [-0.1, -0.05) is 19.1 Å². The molecule has 0 radical (unpaired) electrons. The van der Waals surface area contributed by atoms with Gasteiger partial charge in [-0.25, -0.2) is 0 Å². The van der Waals surface area contributed by atoms with Gasteiger partial charge in [-0.05, 0) is 6.54 Å². The molecule has 114 valence electrons. The predicted octanol–water partition coefficient (Wildman–Crippen LogP) is 1.23. The van der Waals surface area contributed by atoms with Crippen molar-refractivity contribution in [3.63, 3.8) is 0 Å². The van der Waals surface area contributed by atoms with Crippen LogP contribution in [0.2, 0.25) is 0 Å². The summed E-state index contributed by atoms with van der Waals surface area (Å²) in [5, 5.41) is 9.26. The summed E-state index contributed by atoms with van der Waals surface area (Å²) in [4.78, 5) is 18.3. The molecule has 0 aromatic heterocycles. The van der Waals surface area contributed by atoms with Crippen LogP contribution in [0.15, 0.2) is 37.1 Å². The zero-order valence-corrected chi connectivity index (χ0v) is 12.8. The number of carbonyl (C=O) groups excluding carboxylic acids is 1. The largest absolute Gasteiger partial charge is 0.374 e. The molecule has 0 aliphatic carbocycles. The Hall–Kier alpha value is -2.06. The third kappa shape index (κ3) is 5.09.